The number of carboxylic acid groups (broad SMARTS) is 1. The van der Waals surface area contributed by atoms with E-state index in [2.05, 4.69) is 0 Å². The second kappa shape index (κ2) is 5.25. The van der Waals surface area contributed by atoms with Gasteiger partial charge in [0, 0.05) is 12.2 Å². The van der Waals surface area contributed by atoms with Crippen molar-refractivity contribution in [2.75, 3.05) is 11.4 Å². The molecule has 5 nitrogen and oxygen atoms in total. The topological polar surface area (TPSA) is 83.6 Å². The number of carboxylic acids is 1. The Balaban J connectivity index is 2.41. The lowest BCUT2D eigenvalue weighted by molar-refractivity contribution is -0.141. The van der Waals surface area contributed by atoms with Crippen molar-refractivity contribution >= 4 is 17.6 Å². The lowest BCUT2D eigenvalue weighted by Gasteiger charge is -2.37. The van der Waals surface area contributed by atoms with Gasteiger partial charge in [0.15, 0.2) is 0 Å². The molecule has 0 aliphatic carbocycles. The van der Waals surface area contributed by atoms with Crippen LogP contribution in [0.15, 0.2) is 24.3 Å². The molecule has 0 radical (unpaired) electrons. The van der Waals surface area contributed by atoms with E-state index in [9.17, 15) is 14.7 Å². The Morgan fingerprint density at radius 3 is 2.70 bits per heavy atom. The van der Waals surface area contributed by atoms with Crippen molar-refractivity contribution in [1.82, 2.24) is 0 Å². The molecule has 1 amide bonds. The predicted molar refractivity (Wildman–Crippen MR) is 76.5 cm³/mol. The third-order valence-electron chi connectivity index (χ3n) is 3.97. The van der Waals surface area contributed by atoms with Crippen molar-refractivity contribution in [3.05, 3.63) is 29.8 Å². The zero-order valence-corrected chi connectivity index (χ0v) is 11.8. The summed E-state index contributed by atoms with van der Waals surface area (Å²) in [5.41, 5.74) is 6.71. The quantitative estimate of drug-likeness (QED) is 0.874. The van der Waals surface area contributed by atoms with Crippen molar-refractivity contribution in [2.24, 2.45) is 11.7 Å². The maximum atomic E-state index is 12.6. The summed E-state index contributed by atoms with van der Waals surface area (Å²) in [6.07, 6.45) is 0.949. The summed E-state index contributed by atoms with van der Waals surface area (Å²) < 4.78 is 0. The molecule has 0 bridgehead atoms. The number of nitrogens with two attached hydrogens (primary N) is 1. The molecule has 0 saturated carbocycles. The predicted octanol–water partition coefficient (Wildman–Crippen LogP) is 1.40. The zero-order chi connectivity index (χ0) is 14.9. The van der Waals surface area contributed by atoms with Gasteiger partial charge >= 0.3 is 5.97 Å². The number of amides is 1. The highest BCUT2D eigenvalue weighted by molar-refractivity contribution is 6.01. The van der Waals surface area contributed by atoms with E-state index in [1.165, 1.54) is 4.90 Å². The normalized spacial score (nSPS) is 20.9. The summed E-state index contributed by atoms with van der Waals surface area (Å²) in [7, 11) is 0. The van der Waals surface area contributed by atoms with E-state index >= 15 is 0 Å². The minimum absolute atomic E-state index is 0.179. The fraction of sp³-hybridized carbons (Fsp3) is 0.467. The van der Waals surface area contributed by atoms with Crippen LogP contribution in [0.3, 0.4) is 0 Å². The first-order valence-corrected chi connectivity index (χ1v) is 6.78. The summed E-state index contributed by atoms with van der Waals surface area (Å²) in [4.78, 5) is 25.4. The molecule has 0 aromatic heterocycles. The minimum Gasteiger partial charge on any atom is -0.481 e. The monoisotopic (exact) mass is 276 g/mol. The fourth-order valence-corrected chi connectivity index (χ4v) is 2.41. The second-order valence-corrected chi connectivity index (χ2v) is 5.55. The summed E-state index contributed by atoms with van der Waals surface area (Å²) in [6, 6.07) is 7.41. The van der Waals surface area contributed by atoms with Gasteiger partial charge in [0.1, 0.15) is 0 Å². The number of benzene rings is 1. The van der Waals surface area contributed by atoms with Crippen LogP contribution in [-0.4, -0.2) is 29.1 Å². The molecule has 1 aromatic carbocycles. The van der Waals surface area contributed by atoms with Crippen molar-refractivity contribution < 1.29 is 14.7 Å². The van der Waals surface area contributed by atoms with Crippen LogP contribution in [-0.2, 0) is 16.0 Å². The van der Waals surface area contributed by atoms with Crippen molar-refractivity contribution in [3.63, 3.8) is 0 Å². The Kier molecular flexibility index (Phi) is 3.81. The molecule has 1 aromatic rings. The molecule has 1 heterocycles. The van der Waals surface area contributed by atoms with Crippen LogP contribution in [0.5, 0.6) is 0 Å². The van der Waals surface area contributed by atoms with Crippen molar-refractivity contribution in [2.45, 2.75) is 32.2 Å². The van der Waals surface area contributed by atoms with E-state index in [4.69, 9.17) is 5.73 Å². The molecular formula is C15H20N2O3. The number of anilines is 1. The molecule has 1 aliphatic heterocycles. The lowest BCUT2D eigenvalue weighted by Crippen LogP contribution is -2.56. The molecule has 0 fully saturated rings. The van der Waals surface area contributed by atoms with Crippen LogP contribution in [0.4, 0.5) is 5.69 Å². The molecule has 0 saturated heterocycles. The summed E-state index contributed by atoms with van der Waals surface area (Å²) in [5, 5.41) is 9.25. The third kappa shape index (κ3) is 2.54. The molecule has 1 aliphatic rings. The average Bonchev–Trinajstić information content (AvgIpc) is 2.45. The molecule has 2 rings (SSSR count). The molecule has 2 unspecified atom stereocenters. The molecule has 2 atom stereocenters. The van der Waals surface area contributed by atoms with Gasteiger partial charge in [-0.15, -0.1) is 0 Å². The Bertz CT molecular complexity index is 540. The first kappa shape index (κ1) is 14.5. The maximum absolute atomic E-state index is 12.6. The van der Waals surface area contributed by atoms with E-state index in [1.54, 1.807) is 6.92 Å². The number of fused-ring (bicyclic) bond motifs is 1. The van der Waals surface area contributed by atoms with E-state index in [0.717, 1.165) is 11.3 Å². The van der Waals surface area contributed by atoms with Crippen LogP contribution >= 0.6 is 0 Å². The molecule has 3 N–H and O–H groups in total. The maximum Gasteiger partial charge on any atom is 0.308 e. The number of hydrogen-bond acceptors (Lipinski definition) is 3. The van der Waals surface area contributed by atoms with Gasteiger partial charge in [-0.25, -0.2) is 0 Å². The third-order valence-corrected chi connectivity index (χ3v) is 3.97. The van der Waals surface area contributed by atoms with Crippen molar-refractivity contribution in [1.29, 1.82) is 0 Å². The number of carbonyl (C=O) groups is 2. The largest absolute Gasteiger partial charge is 0.481 e. The van der Waals surface area contributed by atoms with Crippen LogP contribution in [0.2, 0.25) is 0 Å². The zero-order valence-electron chi connectivity index (χ0n) is 11.8. The smallest absolute Gasteiger partial charge is 0.308 e. The van der Waals surface area contributed by atoms with E-state index in [-0.39, 0.29) is 12.5 Å². The van der Waals surface area contributed by atoms with Crippen molar-refractivity contribution in [3.8, 4) is 0 Å². The number of aliphatic carboxylic acids is 1. The molecule has 5 heteroatoms. The first-order chi connectivity index (χ1) is 9.36. The Labute approximate surface area is 118 Å². The second-order valence-electron chi connectivity index (χ2n) is 5.55. The minimum atomic E-state index is -0.979. The SMILES string of the molecule is CCC(C)(N)C(=O)N1CC(C(=O)O)Cc2ccccc21. The molecule has 0 spiro atoms. The lowest BCUT2D eigenvalue weighted by atomic mass is 9.90. The van der Waals surface area contributed by atoms with Crippen LogP contribution < -0.4 is 10.6 Å². The van der Waals surface area contributed by atoms with E-state index in [1.807, 2.05) is 31.2 Å². The first-order valence-electron chi connectivity index (χ1n) is 6.78. The summed E-state index contributed by atoms with van der Waals surface area (Å²) in [6.45, 7) is 3.71. The van der Waals surface area contributed by atoms with Gasteiger partial charge in [-0.3, -0.25) is 9.59 Å². The Morgan fingerprint density at radius 2 is 2.10 bits per heavy atom. The van der Waals surface area contributed by atoms with E-state index < -0.39 is 17.4 Å². The molecule has 108 valence electrons. The highest BCUT2D eigenvalue weighted by Gasteiger charge is 2.38. The Morgan fingerprint density at radius 1 is 1.45 bits per heavy atom. The number of rotatable bonds is 3. The van der Waals surface area contributed by atoms with E-state index in [0.29, 0.717) is 12.8 Å². The van der Waals surface area contributed by atoms with Gasteiger partial charge in [0.2, 0.25) is 5.91 Å². The fourth-order valence-electron chi connectivity index (χ4n) is 2.41. The van der Waals surface area contributed by atoms with Gasteiger partial charge < -0.3 is 15.7 Å². The highest BCUT2D eigenvalue weighted by atomic mass is 16.4. The van der Waals surface area contributed by atoms with Gasteiger partial charge in [-0.1, -0.05) is 25.1 Å². The number of carbonyl (C=O) groups excluding carboxylic acids is 1. The van der Waals surface area contributed by atoms with Crippen LogP contribution in [0.1, 0.15) is 25.8 Å². The van der Waals surface area contributed by atoms with Gasteiger partial charge in [0.05, 0.1) is 11.5 Å². The number of nitrogens with zero attached hydrogens (tertiary/aromatic N) is 1. The summed E-state index contributed by atoms with van der Waals surface area (Å²) in [5.74, 6) is -1.69. The molecular weight excluding hydrogens is 256 g/mol. The standard InChI is InChI=1S/C15H20N2O3/c1-3-15(2,16)14(20)17-9-11(13(18)19)8-10-6-4-5-7-12(10)17/h4-7,11H,3,8-9,16H2,1-2H3,(H,18,19). The van der Waals surface area contributed by atoms with Crippen LogP contribution in [0, 0.1) is 5.92 Å². The molecule has 20 heavy (non-hydrogen) atoms. The van der Waals surface area contributed by atoms with Gasteiger partial charge in [-0.05, 0) is 31.4 Å². The van der Waals surface area contributed by atoms with Crippen LogP contribution in [0.25, 0.3) is 0 Å². The number of para-hydroxylation sites is 1. The Hall–Kier alpha value is -1.88. The summed E-state index contributed by atoms with van der Waals surface area (Å²) >= 11 is 0. The van der Waals surface area contributed by atoms with Gasteiger partial charge in [-0.2, -0.15) is 0 Å². The van der Waals surface area contributed by atoms with Gasteiger partial charge in [0.25, 0.3) is 0 Å². The average molecular weight is 276 g/mol. The highest BCUT2D eigenvalue weighted by Crippen LogP contribution is 2.31. The number of hydrogen-bond donors (Lipinski definition) is 2.